The van der Waals surface area contributed by atoms with Crippen LogP contribution in [0.4, 0.5) is 0 Å². The summed E-state index contributed by atoms with van der Waals surface area (Å²) in [7, 11) is 0.408. The van der Waals surface area contributed by atoms with Crippen LogP contribution >= 0.6 is 15.8 Å². The molecule has 12 aliphatic rings. The fourth-order valence-corrected chi connectivity index (χ4v) is 22.5. The predicted molar refractivity (Wildman–Crippen MR) is 195 cm³/mol. The molecule has 0 aromatic rings. The molecule has 0 aliphatic heterocycles. The van der Waals surface area contributed by atoms with E-state index in [1.54, 1.807) is 114 Å². The quantitative estimate of drug-likeness (QED) is 0.198. The second kappa shape index (κ2) is 11.2. The van der Waals surface area contributed by atoms with Crippen molar-refractivity contribution in [1.29, 1.82) is 0 Å². The minimum absolute atomic E-state index is 0.204. The highest BCUT2D eigenvalue weighted by molar-refractivity contribution is 7.61. The van der Waals surface area contributed by atoms with Crippen LogP contribution in [0.3, 0.4) is 0 Å². The van der Waals surface area contributed by atoms with E-state index < -0.39 is 0 Å². The van der Waals surface area contributed by atoms with Crippen LogP contribution in [0, 0.1) is 92.7 Å². The Balaban J connectivity index is 0.986. The van der Waals surface area contributed by atoms with Gasteiger partial charge in [-0.05, 0) is 207 Å². The van der Waals surface area contributed by atoms with Crippen molar-refractivity contribution in [2.24, 2.45) is 92.7 Å². The molecule has 0 spiro atoms. The highest BCUT2D eigenvalue weighted by atomic mass is 31.1. The van der Waals surface area contributed by atoms with Gasteiger partial charge in [-0.15, -0.1) is 15.8 Å². The third kappa shape index (κ3) is 5.06. The van der Waals surface area contributed by atoms with Crippen LogP contribution in [0.1, 0.15) is 132 Å². The normalized spacial score (nSPS) is 48.1. The summed E-state index contributed by atoms with van der Waals surface area (Å²) in [5, 5.41) is 0. The van der Waals surface area contributed by atoms with Crippen molar-refractivity contribution in [2.45, 2.75) is 132 Å². The summed E-state index contributed by atoms with van der Waals surface area (Å²) in [5.41, 5.74) is 2.64. The zero-order valence-electron chi connectivity index (χ0n) is 30.6. The minimum Gasteiger partial charge on any atom is -0.106 e. The molecule has 44 heavy (non-hydrogen) atoms. The Labute approximate surface area is 277 Å². The molecule has 12 rings (SSSR count). The van der Waals surface area contributed by atoms with E-state index in [2.05, 4.69) is 55.4 Å². The molecule has 0 N–H and O–H groups in total. The van der Waals surface area contributed by atoms with Crippen molar-refractivity contribution in [3.05, 3.63) is 0 Å². The summed E-state index contributed by atoms with van der Waals surface area (Å²) < 4.78 is 0. The molecule has 250 valence electrons. The summed E-state index contributed by atoms with van der Waals surface area (Å²) in [6.45, 7) is 21.3. The van der Waals surface area contributed by atoms with Gasteiger partial charge in [0, 0.05) is 0 Å². The van der Waals surface area contributed by atoms with Crippen LogP contribution in [0.2, 0.25) is 0 Å². The lowest BCUT2D eigenvalue weighted by molar-refractivity contribution is -0.0996. The van der Waals surface area contributed by atoms with Gasteiger partial charge in [0.15, 0.2) is 0 Å². The second-order valence-electron chi connectivity index (χ2n) is 21.3. The maximum atomic E-state index is 2.66. The number of fused-ring (bicyclic) bond motifs is 8. The Morgan fingerprint density at radius 3 is 0.773 bits per heavy atom. The third-order valence-corrected chi connectivity index (χ3v) is 24.7. The first-order chi connectivity index (χ1) is 20.8. The molecule has 12 atom stereocenters. The van der Waals surface area contributed by atoms with Gasteiger partial charge in [0.1, 0.15) is 0 Å². The summed E-state index contributed by atoms with van der Waals surface area (Å²) in [6, 6.07) is 0. The first-order valence-electron chi connectivity index (χ1n) is 20.2. The van der Waals surface area contributed by atoms with Gasteiger partial charge in [-0.2, -0.15) is 0 Å². The van der Waals surface area contributed by atoms with Crippen molar-refractivity contribution in [3.8, 4) is 0 Å². The van der Waals surface area contributed by atoms with E-state index in [0.29, 0.717) is 21.7 Å². The van der Waals surface area contributed by atoms with Gasteiger partial charge >= 0.3 is 0 Å². The monoisotopic (exact) mass is 639 g/mol. The van der Waals surface area contributed by atoms with E-state index in [4.69, 9.17) is 0 Å². The predicted octanol–water partition coefficient (Wildman–Crippen LogP) is 12.2. The number of hydrogen-bond donors (Lipinski definition) is 0. The van der Waals surface area contributed by atoms with Gasteiger partial charge in [0.05, 0.1) is 0 Å². The van der Waals surface area contributed by atoms with Crippen LogP contribution in [0.5, 0.6) is 0 Å². The first kappa shape index (κ1) is 32.1. The zero-order valence-corrected chi connectivity index (χ0v) is 32.3. The van der Waals surface area contributed by atoms with E-state index in [9.17, 15) is 0 Å². The molecule has 0 nitrogen and oxygen atoms in total. The van der Waals surface area contributed by atoms with Gasteiger partial charge in [-0.3, -0.25) is 0 Å². The average molecular weight is 639 g/mol. The Kier molecular flexibility index (Phi) is 8.16. The lowest BCUT2D eigenvalue weighted by Crippen LogP contribution is -2.54. The SMILES string of the molecule is CC1(C)[C@H]2CC[C@@H](CP(CCP(C[C@@H]3CC[C@H]4C[C@@H]3C4(C)C)C[C@@H]3CC[C@H]4C[C@@H]3C4(C)C)C[C@@H]3CC[C@H]4C[C@@H]3C4(C)C)[C@@H]1C2. The van der Waals surface area contributed by atoms with E-state index >= 15 is 0 Å². The molecule has 0 aromatic carbocycles. The first-order valence-corrected chi connectivity index (χ1v) is 24.0. The molecular weight excluding hydrogens is 566 g/mol. The standard InChI is InChI=1S/C42H72P2/c1-39(2)31-13-9-27(35(39)19-31)23-43(24-28-10-14-32-20-36(28)40(32,3)4)17-18-44(25-29-11-15-33-21-37(29)41(33,5)6)26-30-12-16-34-22-38(30)42(34,7)8/h27-38H,9-26H2,1-8H3/t27-,28-,29-,30-,31-,32-,33-,34-,35-,36-,37-,38-/m0/s1. The van der Waals surface area contributed by atoms with Crippen LogP contribution in [0.25, 0.3) is 0 Å². The Bertz CT molecular complexity index is 898. The van der Waals surface area contributed by atoms with Crippen molar-refractivity contribution >= 4 is 15.8 Å². The smallest absolute Gasteiger partial charge is 0.0286 e. The maximum absolute atomic E-state index is 2.66. The Morgan fingerprint density at radius 1 is 0.364 bits per heavy atom. The van der Waals surface area contributed by atoms with E-state index in [1.807, 2.05) is 0 Å². The highest BCUT2D eigenvalue weighted by Gasteiger charge is 2.58. The Hall–Kier alpha value is 0.860. The highest BCUT2D eigenvalue weighted by Crippen LogP contribution is 2.68. The minimum atomic E-state index is 0.204. The summed E-state index contributed by atoms with van der Waals surface area (Å²) in [4.78, 5) is 0. The molecule has 0 saturated heterocycles. The van der Waals surface area contributed by atoms with Gasteiger partial charge in [0.2, 0.25) is 0 Å². The van der Waals surface area contributed by atoms with E-state index in [-0.39, 0.29) is 15.8 Å². The van der Waals surface area contributed by atoms with Crippen LogP contribution < -0.4 is 0 Å². The van der Waals surface area contributed by atoms with E-state index in [0.717, 1.165) is 71.0 Å². The van der Waals surface area contributed by atoms with Crippen LogP contribution in [-0.2, 0) is 0 Å². The summed E-state index contributed by atoms with van der Waals surface area (Å²) in [5.74, 6) is 12.8. The molecule has 8 bridgehead atoms. The molecule has 0 aromatic heterocycles. The summed E-state index contributed by atoms with van der Waals surface area (Å²) >= 11 is 0. The van der Waals surface area contributed by atoms with Gasteiger partial charge in [-0.25, -0.2) is 0 Å². The second-order valence-corrected chi connectivity index (χ2v) is 26.3. The van der Waals surface area contributed by atoms with Gasteiger partial charge in [0.25, 0.3) is 0 Å². The molecule has 12 aliphatic carbocycles. The third-order valence-electron chi connectivity index (χ3n) is 18.7. The van der Waals surface area contributed by atoms with Crippen molar-refractivity contribution in [3.63, 3.8) is 0 Å². The fourth-order valence-electron chi connectivity index (χ4n) is 14.8. The zero-order chi connectivity index (χ0) is 30.8. The molecule has 12 saturated carbocycles. The lowest BCUT2D eigenvalue weighted by Gasteiger charge is -2.62. The maximum Gasteiger partial charge on any atom is -0.0286 e. The van der Waals surface area contributed by atoms with Gasteiger partial charge < -0.3 is 0 Å². The van der Waals surface area contributed by atoms with Crippen molar-refractivity contribution in [1.82, 2.24) is 0 Å². The molecular formula is C42H72P2. The van der Waals surface area contributed by atoms with Gasteiger partial charge in [-0.1, -0.05) is 55.4 Å². The fraction of sp³-hybridized carbons (Fsp3) is 1.00. The molecule has 0 radical (unpaired) electrons. The van der Waals surface area contributed by atoms with E-state index in [1.165, 1.54) is 0 Å². The van der Waals surface area contributed by atoms with Crippen molar-refractivity contribution < 1.29 is 0 Å². The largest absolute Gasteiger partial charge is 0.106 e. The number of hydrogen-bond acceptors (Lipinski definition) is 0. The van der Waals surface area contributed by atoms with Crippen LogP contribution in [0.15, 0.2) is 0 Å². The molecule has 0 unspecified atom stereocenters. The van der Waals surface area contributed by atoms with Crippen LogP contribution in [-0.4, -0.2) is 37.0 Å². The topological polar surface area (TPSA) is 0 Å². The summed E-state index contributed by atoms with van der Waals surface area (Å²) in [6.07, 6.45) is 29.0. The molecule has 0 heterocycles. The molecule has 12 fully saturated rings. The lowest BCUT2D eigenvalue weighted by atomic mass is 9.46. The Morgan fingerprint density at radius 2 is 0.591 bits per heavy atom. The van der Waals surface area contributed by atoms with Crippen molar-refractivity contribution in [2.75, 3.05) is 37.0 Å². The molecule has 2 heteroatoms. The average Bonchev–Trinajstić information content (AvgIpc) is 2.99. The molecule has 0 amide bonds. The number of rotatable bonds is 11.